The zero-order chi connectivity index (χ0) is 13.1. The lowest BCUT2D eigenvalue weighted by atomic mass is 10.0. The summed E-state index contributed by atoms with van der Waals surface area (Å²) in [6.07, 6.45) is 0. The van der Waals surface area contributed by atoms with E-state index in [2.05, 4.69) is 4.18 Å². The molecule has 0 bridgehead atoms. The van der Waals surface area contributed by atoms with E-state index in [1.165, 1.54) is 36.4 Å². The van der Waals surface area contributed by atoms with Crippen LogP contribution in [-0.2, 0) is 11.4 Å². The summed E-state index contributed by atoms with van der Waals surface area (Å²) < 4.78 is 49.8. The van der Waals surface area contributed by atoms with Gasteiger partial charge in [-0.25, -0.2) is 8.78 Å². The van der Waals surface area contributed by atoms with Crippen LogP contribution in [0, 0.1) is 11.6 Å². The molecule has 3 nitrogen and oxygen atoms in total. The van der Waals surface area contributed by atoms with Crippen LogP contribution in [0.2, 0.25) is 0 Å². The maximum Gasteiger partial charge on any atom is 0.357 e. The molecular weight excluding hydrogens is 262 g/mol. The fourth-order valence-electron chi connectivity index (χ4n) is 1.51. The van der Waals surface area contributed by atoms with Crippen LogP contribution < -0.4 is 4.18 Å². The normalized spacial score (nSPS) is 12.2. The molecule has 2 aromatic rings. The highest BCUT2D eigenvalue weighted by atomic mass is 32.2. The van der Waals surface area contributed by atoms with Gasteiger partial charge in [0.1, 0.15) is 11.6 Å². The lowest BCUT2D eigenvalue weighted by Crippen LogP contribution is -1.99. The average molecular weight is 270 g/mol. The molecule has 0 saturated carbocycles. The lowest BCUT2D eigenvalue weighted by molar-refractivity contribution is 0.457. The summed E-state index contributed by atoms with van der Waals surface area (Å²) in [6.45, 7) is 0. The summed E-state index contributed by atoms with van der Waals surface area (Å²) >= 11 is -2.55. The van der Waals surface area contributed by atoms with Gasteiger partial charge in [0.2, 0.25) is 0 Å². The third-order valence-corrected chi connectivity index (χ3v) is 2.58. The summed E-state index contributed by atoms with van der Waals surface area (Å²) in [7, 11) is 0. The van der Waals surface area contributed by atoms with Crippen LogP contribution in [0.5, 0.6) is 5.75 Å². The van der Waals surface area contributed by atoms with Crippen LogP contribution in [0.3, 0.4) is 0 Å². The van der Waals surface area contributed by atoms with Gasteiger partial charge in [-0.2, -0.15) is 4.21 Å². The Labute approximate surface area is 105 Å². The van der Waals surface area contributed by atoms with Crippen LogP contribution in [-0.4, -0.2) is 8.76 Å². The van der Waals surface area contributed by atoms with Gasteiger partial charge in [0.05, 0.1) is 0 Å². The maximum absolute atomic E-state index is 13.1. The molecule has 1 unspecified atom stereocenters. The molecule has 0 fully saturated rings. The Hall–Kier alpha value is -1.79. The van der Waals surface area contributed by atoms with Crippen molar-refractivity contribution in [3.63, 3.8) is 0 Å². The van der Waals surface area contributed by atoms with Crippen molar-refractivity contribution in [1.29, 1.82) is 0 Å². The van der Waals surface area contributed by atoms with Crippen molar-refractivity contribution < 1.29 is 21.7 Å². The minimum absolute atomic E-state index is 0.0811. The smallest absolute Gasteiger partial charge is 0.357 e. The second-order valence-electron chi connectivity index (χ2n) is 3.45. The quantitative estimate of drug-likeness (QED) is 0.871. The molecule has 0 heterocycles. The van der Waals surface area contributed by atoms with Gasteiger partial charge in [-0.05, 0) is 29.8 Å². The maximum atomic E-state index is 13.1. The molecule has 2 aromatic carbocycles. The minimum atomic E-state index is -2.55. The number of hydrogen-bond acceptors (Lipinski definition) is 2. The number of hydrogen-bond donors (Lipinski definition) is 1. The predicted octanol–water partition coefficient (Wildman–Crippen LogP) is 3.15. The Morgan fingerprint density at radius 1 is 1.00 bits per heavy atom. The molecule has 1 N–H and O–H groups in total. The van der Waals surface area contributed by atoms with Gasteiger partial charge in [-0.15, -0.1) is 0 Å². The zero-order valence-electron chi connectivity index (χ0n) is 8.97. The van der Waals surface area contributed by atoms with E-state index in [9.17, 15) is 13.0 Å². The van der Waals surface area contributed by atoms with Crippen molar-refractivity contribution in [2.75, 3.05) is 0 Å². The summed E-state index contributed by atoms with van der Waals surface area (Å²) in [5.74, 6) is -1.09. The third-order valence-electron chi connectivity index (χ3n) is 2.26. The van der Waals surface area contributed by atoms with Gasteiger partial charge in [-0.1, -0.05) is 12.1 Å². The standard InChI is InChI=1S/C12H8F2O3S/c13-9-3-1-8(2-4-9)11-6-5-10(14)7-12(11)17-18(15)16/h1-7H,(H,15,16). The monoisotopic (exact) mass is 270 g/mol. The van der Waals surface area contributed by atoms with Gasteiger partial charge in [0.25, 0.3) is 0 Å². The topological polar surface area (TPSA) is 46.5 Å². The summed E-state index contributed by atoms with van der Waals surface area (Å²) in [5, 5.41) is 0. The molecule has 0 saturated heterocycles. The zero-order valence-corrected chi connectivity index (χ0v) is 9.79. The summed E-state index contributed by atoms with van der Waals surface area (Å²) in [5.41, 5.74) is 0.954. The molecule has 0 amide bonds. The Balaban J connectivity index is 2.49. The molecule has 6 heteroatoms. The van der Waals surface area contributed by atoms with Crippen LogP contribution in [0.1, 0.15) is 0 Å². The first-order chi connectivity index (χ1) is 8.56. The van der Waals surface area contributed by atoms with Crippen molar-refractivity contribution in [2.45, 2.75) is 0 Å². The van der Waals surface area contributed by atoms with E-state index in [-0.39, 0.29) is 5.75 Å². The van der Waals surface area contributed by atoms with Gasteiger partial charge in [0, 0.05) is 11.6 Å². The van der Waals surface area contributed by atoms with Gasteiger partial charge in [-0.3, -0.25) is 4.55 Å². The summed E-state index contributed by atoms with van der Waals surface area (Å²) in [6, 6.07) is 8.98. The van der Waals surface area contributed by atoms with Crippen LogP contribution in [0.15, 0.2) is 42.5 Å². The molecule has 0 aromatic heterocycles. The molecule has 0 aliphatic rings. The van der Waals surface area contributed by atoms with Crippen molar-refractivity contribution in [1.82, 2.24) is 0 Å². The highest BCUT2D eigenvalue weighted by molar-refractivity contribution is 7.74. The lowest BCUT2D eigenvalue weighted by Gasteiger charge is -2.08. The molecule has 0 spiro atoms. The molecule has 0 aliphatic heterocycles. The molecule has 0 radical (unpaired) electrons. The van der Waals surface area contributed by atoms with Gasteiger partial charge < -0.3 is 4.18 Å². The largest absolute Gasteiger partial charge is 0.379 e. The van der Waals surface area contributed by atoms with Crippen molar-refractivity contribution >= 4 is 11.4 Å². The summed E-state index contributed by atoms with van der Waals surface area (Å²) in [4.78, 5) is 0. The Kier molecular flexibility index (Phi) is 3.69. The van der Waals surface area contributed by atoms with E-state index in [1.54, 1.807) is 0 Å². The number of benzene rings is 2. The van der Waals surface area contributed by atoms with Gasteiger partial charge in [0.15, 0.2) is 5.75 Å². The Morgan fingerprint density at radius 2 is 1.61 bits per heavy atom. The number of halogens is 2. The van der Waals surface area contributed by atoms with Crippen LogP contribution in [0.25, 0.3) is 11.1 Å². The molecule has 2 rings (SSSR count). The molecule has 94 valence electrons. The highest BCUT2D eigenvalue weighted by Crippen LogP contribution is 2.31. The Morgan fingerprint density at radius 3 is 2.22 bits per heavy atom. The van der Waals surface area contributed by atoms with Gasteiger partial charge >= 0.3 is 11.4 Å². The molecule has 0 aliphatic carbocycles. The van der Waals surface area contributed by atoms with Crippen molar-refractivity contribution in [3.05, 3.63) is 54.1 Å². The van der Waals surface area contributed by atoms with E-state index >= 15 is 0 Å². The van der Waals surface area contributed by atoms with E-state index in [1.807, 2.05) is 0 Å². The fourth-order valence-corrected chi connectivity index (χ4v) is 1.80. The average Bonchev–Trinajstić information content (AvgIpc) is 2.30. The molecular formula is C12H8F2O3S. The van der Waals surface area contributed by atoms with Crippen molar-refractivity contribution in [3.8, 4) is 16.9 Å². The van der Waals surface area contributed by atoms with Crippen molar-refractivity contribution in [2.24, 2.45) is 0 Å². The van der Waals surface area contributed by atoms with E-state index < -0.39 is 23.0 Å². The second-order valence-corrected chi connectivity index (χ2v) is 4.05. The van der Waals surface area contributed by atoms with E-state index in [0.29, 0.717) is 11.1 Å². The fraction of sp³-hybridized carbons (Fsp3) is 0. The predicted molar refractivity (Wildman–Crippen MR) is 63.2 cm³/mol. The minimum Gasteiger partial charge on any atom is -0.379 e. The first kappa shape index (κ1) is 12.7. The van der Waals surface area contributed by atoms with E-state index in [0.717, 1.165) is 6.07 Å². The third kappa shape index (κ3) is 2.91. The SMILES string of the molecule is O=S(O)Oc1cc(F)ccc1-c1ccc(F)cc1. The highest BCUT2D eigenvalue weighted by Gasteiger charge is 2.10. The van der Waals surface area contributed by atoms with Crippen LogP contribution >= 0.6 is 0 Å². The first-order valence-corrected chi connectivity index (χ1v) is 5.94. The molecule has 18 heavy (non-hydrogen) atoms. The second kappa shape index (κ2) is 5.24. The molecule has 1 atom stereocenters. The Bertz CT molecular complexity index is 584. The van der Waals surface area contributed by atoms with E-state index in [4.69, 9.17) is 4.55 Å². The van der Waals surface area contributed by atoms with Crippen LogP contribution in [0.4, 0.5) is 8.78 Å². The number of rotatable bonds is 3. The first-order valence-electron chi connectivity index (χ1n) is 4.91.